The van der Waals surface area contributed by atoms with Crippen LogP contribution in [0.5, 0.6) is 0 Å². The first-order chi connectivity index (χ1) is 6.52. The third-order valence-corrected chi connectivity index (χ3v) is 1.82. The highest BCUT2D eigenvalue weighted by atomic mass is 16.4. The Balaban J connectivity index is 3.45. The summed E-state index contributed by atoms with van der Waals surface area (Å²) < 4.78 is 0. The van der Waals surface area contributed by atoms with Gasteiger partial charge in [-0.1, -0.05) is 6.08 Å². The van der Waals surface area contributed by atoms with Crippen LogP contribution in [0, 0.1) is 0 Å². The molecule has 0 aliphatic carbocycles. The van der Waals surface area contributed by atoms with E-state index in [2.05, 4.69) is 9.80 Å². The average Bonchev–Trinajstić information content (AvgIpc) is 2.02. The molecule has 0 rings (SSSR count). The van der Waals surface area contributed by atoms with E-state index in [0.717, 1.165) is 19.5 Å². The smallest absolute Gasteiger partial charge is 0.328 e. The quantitative estimate of drug-likeness (QED) is 0.608. The summed E-state index contributed by atoms with van der Waals surface area (Å²) in [7, 11) is 6.08. The molecule has 0 aromatic rings. The zero-order valence-corrected chi connectivity index (χ0v) is 9.23. The van der Waals surface area contributed by atoms with Crippen LogP contribution >= 0.6 is 0 Å². The van der Waals surface area contributed by atoms with Crippen molar-refractivity contribution < 1.29 is 9.90 Å². The lowest BCUT2D eigenvalue weighted by Gasteiger charge is -2.15. The van der Waals surface area contributed by atoms with Crippen molar-refractivity contribution in [3.05, 3.63) is 12.2 Å². The zero-order valence-electron chi connectivity index (χ0n) is 9.23. The van der Waals surface area contributed by atoms with E-state index in [1.54, 1.807) is 6.08 Å². The fraction of sp³-hybridized carbons (Fsp3) is 0.700. The van der Waals surface area contributed by atoms with Gasteiger partial charge in [0.05, 0.1) is 0 Å². The van der Waals surface area contributed by atoms with Gasteiger partial charge in [0.15, 0.2) is 0 Å². The molecule has 4 heteroatoms. The van der Waals surface area contributed by atoms with Gasteiger partial charge in [0.2, 0.25) is 0 Å². The first-order valence-electron chi connectivity index (χ1n) is 4.75. The summed E-state index contributed by atoms with van der Waals surface area (Å²) in [5.41, 5.74) is 0. The van der Waals surface area contributed by atoms with Crippen molar-refractivity contribution in [3.63, 3.8) is 0 Å². The zero-order chi connectivity index (χ0) is 11.0. The predicted molar refractivity (Wildman–Crippen MR) is 57.4 cm³/mol. The normalized spacial score (nSPS) is 11.8. The minimum absolute atomic E-state index is 0.694. The van der Waals surface area contributed by atoms with Crippen LogP contribution in [0.25, 0.3) is 0 Å². The summed E-state index contributed by atoms with van der Waals surface area (Å²) in [6.45, 7) is 2.74. The van der Waals surface area contributed by atoms with Crippen molar-refractivity contribution in [1.82, 2.24) is 9.80 Å². The Morgan fingerprint density at radius 3 is 2.43 bits per heavy atom. The molecule has 1 N–H and O–H groups in total. The SMILES string of the molecule is CN(C)CCCN(C)C/C=C/C(=O)O. The number of nitrogens with zero attached hydrogens (tertiary/aromatic N) is 2. The van der Waals surface area contributed by atoms with E-state index in [0.29, 0.717) is 6.54 Å². The maximum absolute atomic E-state index is 10.2. The standard InChI is InChI=1S/C10H20N2O2/c1-11(2)7-5-9-12(3)8-4-6-10(13)14/h4,6H,5,7-9H2,1-3H3,(H,13,14)/b6-4+. The van der Waals surface area contributed by atoms with E-state index in [9.17, 15) is 4.79 Å². The number of likely N-dealkylation sites (N-methyl/N-ethyl adjacent to an activating group) is 1. The van der Waals surface area contributed by atoms with Crippen LogP contribution < -0.4 is 0 Å². The minimum Gasteiger partial charge on any atom is -0.478 e. The highest BCUT2D eigenvalue weighted by molar-refractivity contribution is 5.79. The molecule has 0 saturated carbocycles. The van der Waals surface area contributed by atoms with Crippen molar-refractivity contribution in [1.29, 1.82) is 0 Å². The summed E-state index contributed by atoms with van der Waals surface area (Å²) in [5.74, 6) is -0.883. The largest absolute Gasteiger partial charge is 0.478 e. The van der Waals surface area contributed by atoms with Crippen molar-refractivity contribution in [3.8, 4) is 0 Å². The number of hydrogen-bond acceptors (Lipinski definition) is 3. The molecule has 0 fully saturated rings. The van der Waals surface area contributed by atoms with Crippen molar-refractivity contribution >= 4 is 5.97 Å². The summed E-state index contributed by atoms with van der Waals surface area (Å²) in [4.78, 5) is 14.4. The second-order valence-electron chi connectivity index (χ2n) is 3.66. The molecule has 0 atom stereocenters. The van der Waals surface area contributed by atoms with Crippen LogP contribution in [-0.2, 0) is 4.79 Å². The molecule has 4 nitrogen and oxygen atoms in total. The molecule has 0 aromatic carbocycles. The molecule has 0 unspecified atom stereocenters. The van der Waals surface area contributed by atoms with Crippen molar-refractivity contribution in [2.24, 2.45) is 0 Å². The lowest BCUT2D eigenvalue weighted by molar-refractivity contribution is -0.131. The molecule has 14 heavy (non-hydrogen) atoms. The van der Waals surface area contributed by atoms with Gasteiger partial charge >= 0.3 is 5.97 Å². The van der Waals surface area contributed by atoms with Crippen LogP contribution in [-0.4, -0.2) is 61.7 Å². The lowest BCUT2D eigenvalue weighted by atomic mass is 10.3. The Bertz CT molecular complexity index is 191. The molecule has 0 radical (unpaired) electrons. The van der Waals surface area contributed by atoms with E-state index >= 15 is 0 Å². The number of carboxylic acids is 1. The molecule has 0 aliphatic heterocycles. The van der Waals surface area contributed by atoms with Crippen molar-refractivity contribution in [2.75, 3.05) is 40.8 Å². The number of aliphatic carboxylic acids is 1. The van der Waals surface area contributed by atoms with Crippen molar-refractivity contribution in [2.45, 2.75) is 6.42 Å². The van der Waals surface area contributed by atoms with Gasteiger partial charge in [-0.05, 0) is 40.7 Å². The van der Waals surface area contributed by atoms with Gasteiger partial charge in [0, 0.05) is 12.6 Å². The topological polar surface area (TPSA) is 43.8 Å². The second kappa shape index (κ2) is 7.53. The molecular weight excluding hydrogens is 180 g/mol. The predicted octanol–water partition coefficient (Wildman–Crippen LogP) is 0.511. The third-order valence-electron chi connectivity index (χ3n) is 1.82. The van der Waals surface area contributed by atoms with Gasteiger partial charge in [-0.2, -0.15) is 0 Å². The Labute approximate surface area is 85.8 Å². The fourth-order valence-corrected chi connectivity index (χ4v) is 1.08. The molecule has 0 amide bonds. The second-order valence-corrected chi connectivity index (χ2v) is 3.66. The fourth-order valence-electron chi connectivity index (χ4n) is 1.08. The van der Waals surface area contributed by atoms with E-state index in [1.165, 1.54) is 6.08 Å². The highest BCUT2D eigenvalue weighted by Gasteiger charge is 1.96. The molecule has 82 valence electrons. The molecule has 0 heterocycles. The maximum Gasteiger partial charge on any atom is 0.328 e. The van der Waals surface area contributed by atoms with E-state index in [-0.39, 0.29) is 0 Å². The third kappa shape index (κ3) is 9.22. The van der Waals surface area contributed by atoms with Gasteiger partial charge in [0.1, 0.15) is 0 Å². The van der Waals surface area contributed by atoms with Gasteiger partial charge in [-0.3, -0.25) is 0 Å². The van der Waals surface area contributed by atoms with E-state index < -0.39 is 5.97 Å². The Morgan fingerprint density at radius 1 is 1.29 bits per heavy atom. The van der Waals surface area contributed by atoms with Gasteiger partial charge < -0.3 is 14.9 Å². The number of carboxylic acid groups (broad SMARTS) is 1. The molecule has 0 spiro atoms. The summed E-state index contributed by atoms with van der Waals surface area (Å²) >= 11 is 0. The summed E-state index contributed by atoms with van der Waals surface area (Å²) in [6, 6.07) is 0. The van der Waals surface area contributed by atoms with Crippen LogP contribution in [0.4, 0.5) is 0 Å². The summed E-state index contributed by atoms with van der Waals surface area (Å²) in [6.07, 6.45) is 3.95. The Kier molecular flexibility index (Phi) is 7.06. The van der Waals surface area contributed by atoms with Crippen LogP contribution in [0.2, 0.25) is 0 Å². The molecular formula is C10H20N2O2. The maximum atomic E-state index is 10.2. The monoisotopic (exact) mass is 200 g/mol. The number of rotatable bonds is 7. The van der Waals surface area contributed by atoms with Gasteiger partial charge in [-0.25, -0.2) is 4.79 Å². The van der Waals surface area contributed by atoms with Gasteiger partial charge in [-0.15, -0.1) is 0 Å². The van der Waals surface area contributed by atoms with Gasteiger partial charge in [0.25, 0.3) is 0 Å². The number of hydrogen-bond donors (Lipinski definition) is 1. The average molecular weight is 200 g/mol. The molecule has 0 aliphatic rings. The van der Waals surface area contributed by atoms with Crippen LogP contribution in [0.1, 0.15) is 6.42 Å². The van der Waals surface area contributed by atoms with E-state index in [1.807, 2.05) is 21.1 Å². The highest BCUT2D eigenvalue weighted by Crippen LogP contribution is 1.89. The van der Waals surface area contributed by atoms with Crippen LogP contribution in [0.3, 0.4) is 0 Å². The van der Waals surface area contributed by atoms with Crippen LogP contribution in [0.15, 0.2) is 12.2 Å². The molecule has 0 aromatic heterocycles. The Hall–Kier alpha value is -0.870. The Morgan fingerprint density at radius 2 is 1.93 bits per heavy atom. The summed E-state index contributed by atoms with van der Waals surface area (Å²) in [5, 5.41) is 8.36. The number of carbonyl (C=O) groups is 1. The molecule has 0 bridgehead atoms. The molecule has 0 saturated heterocycles. The lowest BCUT2D eigenvalue weighted by Crippen LogP contribution is -2.23. The first-order valence-corrected chi connectivity index (χ1v) is 4.75. The minimum atomic E-state index is -0.883. The first kappa shape index (κ1) is 13.1. The van der Waals surface area contributed by atoms with E-state index in [4.69, 9.17) is 5.11 Å².